The summed E-state index contributed by atoms with van der Waals surface area (Å²) in [6, 6.07) is 11.7. The van der Waals surface area contributed by atoms with E-state index in [4.69, 9.17) is 19.2 Å². The van der Waals surface area contributed by atoms with Gasteiger partial charge >= 0.3 is 5.97 Å². The molecule has 0 aliphatic carbocycles. The van der Waals surface area contributed by atoms with E-state index in [0.29, 0.717) is 55.7 Å². The molecule has 4 N–H and O–H groups in total. The number of hydrogen-bond acceptors (Lipinski definition) is 12. The highest BCUT2D eigenvalue weighted by Gasteiger charge is 2.50. The van der Waals surface area contributed by atoms with Crippen LogP contribution in [-0.4, -0.2) is 143 Å². The number of aromatic nitrogens is 2. The van der Waals surface area contributed by atoms with Crippen LogP contribution >= 0.6 is 0 Å². The number of pyridine rings is 1. The molecule has 8 rings (SSSR count). The number of benzene rings is 2. The maximum atomic E-state index is 14.7. The smallest absolute Gasteiger partial charge is 0.324 e. The molecule has 69 heavy (non-hydrogen) atoms. The van der Waals surface area contributed by atoms with Gasteiger partial charge < -0.3 is 39.0 Å². The molecule has 4 aliphatic heterocycles. The number of aryl methyl sites for hydroxylation is 1. The fraction of sp³-hybridized carbons (Fsp3) is 0.500. The lowest BCUT2D eigenvalue weighted by atomic mass is 9.84. The molecule has 368 valence electrons. The number of rotatable bonds is 12. The van der Waals surface area contributed by atoms with Crippen LogP contribution in [0.5, 0.6) is 5.75 Å². The van der Waals surface area contributed by atoms with Gasteiger partial charge in [0, 0.05) is 80.8 Å². The van der Waals surface area contributed by atoms with E-state index in [1.165, 1.54) is 21.9 Å². The third-order valence-electron chi connectivity index (χ3n) is 14.0. The van der Waals surface area contributed by atoms with Crippen LogP contribution in [-0.2, 0) is 57.6 Å². The highest BCUT2D eigenvalue weighted by molar-refractivity contribution is 5.97. The topological polar surface area (TPSA) is 207 Å². The van der Waals surface area contributed by atoms with Gasteiger partial charge in [-0.1, -0.05) is 32.6 Å². The normalized spacial score (nSPS) is 22.4. The van der Waals surface area contributed by atoms with Gasteiger partial charge in [-0.3, -0.25) is 39.3 Å². The first-order chi connectivity index (χ1) is 32.9. The number of hydrazine groups is 1. The summed E-state index contributed by atoms with van der Waals surface area (Å²) in [7, 11) is 4.68. The number of nitrogens with zero attached hydrogens (tertiary/aromatic N) is 5. The summed E-state index contributed by atoms with van der Waals surface area (Å²) < 4.78 is 19.5. The van der Waals surface area contributed by atoms with E-state index in [1.54, 1.807) is 39.4 Å². The number of methoxy groups -OCH3 is 1. The standard InChI is InChI=1S/C52H66N8O9/c1-10-59-41-16-15-32-23-37(41)38(47(59)36-13-11-17-53-43(36)30(4)67-9)24-52(5,6)28-69-51(66)39-14-12-18-60(56-39)49(64)40(21-31-19-33(32)22-35(61)20-31)54-48(63)46(29(2)3)58(8)42(62)25-57(7)50(65)45-44(55-45)34-26-68-27-34/h11,13,15-17,19-20,22-23,30,34,39-40,44-46,55-56,61H,2,10,12,14,18,21,24-28H2,1,3-9H3,(H,54,63)/t30-,39-,40-,44-,45-,46-/m0/s1. The van der Waals surface area contributed by atoms with Crippen molar-refractivity contribution in [2.75, 3.05) is 54.1 Å². The number of nitrogens with one attached hydrogen (secondary N) is 3. The summed E-state index contributed by atoms with van der Waals surface area (Å²) in [5.41, 5.74) is 9.71. The average Bonchev–Trinajstić information content (AvgIpc) is 4.02. The minimum Gasteiger partial charge on any atom is -0.508 e. The predicted octanol–water partition coefficient (Wildman–Crippen LogP) is 4.30. The van der Waals surface area contributed by atoms with E-state index in [0.717, 1.165) is 39.0 Å². The summed E-state index contributed by atoms with van der Waals surface area (Å²) in [6.07, 6.45) is 2.85. The zero-order valence-corrected chi connectivity index (χ0v) is 41.0. The minimum absolute atomic E-state index is 0.0106. The second-order valence-electron chi connectivity index (χ2n) is 19.9. The van der Waals surface area contributed by atoms with E-state index >= 15 is 0 Å². The van der Waals surface area contributed by atoms with Gasteiger partial charge in [0.25, 0.3) is 5.91 Å². The molecular formula is C52H66N8O9. The lowest BCUT2D eigenvalue weighted by Gasteiger charge is -2.36. The van der Waals surface area contributed by atoms with Gasteiger partial charge in [-0.05, 0) is 104 Å². The van der Waals surface area contributed by atoms with Crippen LogP contribution in [0.15, 0.2) is 66.9 Å². The number of carbonyl (C=O) groups excluding carboxylic acids is 5. The number of ether oxygens (including phenoxy) is 3. The molecule has 6 bridgehead atoms. The maximum absolute atomic E-state index is 14.7. The van der Waals surface area contributed by atoms with Gasteiger partial charge in [-0.15, -0.1) is 0 Å². The van der Waals surface area contributed by atoms with Crippen LogP contribution < -0.4 is 16.1 Å². The molecule has 17 heteroatoms. The summed E-state index contributed by atoms with van der Waals surface area (Å²) in [5.74, 6) is -2.18. The molecule has 0 spiro atoms. The van der Waals surface area contributed by atoms with Gasteiger partial charge in [0.05, 0.1) is 43.9 Å². The van der Waals surface area contributed by atoms with Gasteiger partial charge in [-0.2, -0.15) is 0 Å². The molecule has 2 aromatic heterocycles. The fourth-order valence-electron chi connectivity index (χ4n) is 10.1. The zero-order valence-electron chi connectivity index (χ0n) is 41.0. The molecule has 0 saturated carbocycles. The Bertz CT molecular complexity index is 2660. The minimum atomic E-state index is -1.23. The Kier molecular flexibility index (Phi) is 14.3. The van der Waals surface area contributed by atoms with Crippen LogP contribution in [0.1, 0.15) is 70.4 Å². The molecule has 2 aromatic carbocycles. The molecule has 4 aromatic rings. The first-order valence-corrected chi connectivity index (χ1v) is 23.9. The SMILES string of the molecule is C=C(C)[C@@H](C(=O)N[C@H]1Cc2cc(O)cc(c2)-c2ccc3c(c2)c(c(-c2cccnc2[C@H](C)OC)n3CC)CC(C)(C)COC(=O)[C@@H]2CCCN(N2)C1=O)N(C)C(=O)CN(C)C(=O)[C@H]1N[C@H]1C1COC1. The number of likely N-dealkylation sites (N-methyl/N-ethyl adjacent to an activating group) is 2. The molecule has 17 nitrogen and oxygen atoms in total. The molecule has 6 heterocycles. The third-order valence-corrected chi connectivity index (χ3v) is 14.0. The van der Waals surface area contributed by atoms with Crippen molar-refractivity contribution in [3.8, 4) is 28.1 Å². The Morgan fingerprint density at radius 2 is 1.87 bits per heavy atom. The summed E-state index contributed by atoms with van der Waals surface area (Å²) in [5, 5.41) is 19.8. The van der Waals surface area contributed by atoms with Crippen LogP contribution in [0.3, 0.4) is 0 Å². The van der Waals surface area contributed by atoms with Crippen molar-refractivity contribution in [2.45, 2.75) is 103 Å². The molecule has 4 amide bonds. The maximum Gasteiger partial charge on any atom is 0.324 e. The number of fused-ring (bicyclic) bond motifs is 6. The Morgan fingerprint density at radius 3 is 2.57 bits per heavy atom. The Balaban J connectivity index is 1.15. The summed E-state index contributed by atoms with van der Waals surface area (Å²) in [4.78, 5) is 77.5. The zero-order chi connectivity index (χ0) is 49.5. The van der Waals surface area contributed by atoms with Crippen LogP contribution in [0.4, 0.5) is 0 Å². The number of hydrogen-bond donors (Lipinski definition) is 4. The molecule has 0 unspecified atom stereocenters. The summed E-state index contributed by atoms with van der Waals surface area (Å²) >= 11 is 0. The number of esters is 1. The number of phenols is 1. The monoisotopic (exact) mass is 946 g/mol. The molecule has 4 aliphatic rings. The fourth-order valence-corrected chi connectivity index (χ4v) is 10.1. The largest absolute Gasteiger partial charge is 0.508 e. The number of aromatic hydroxyl groups is 1. The molecule has 0 radical (unpaired) electrons. The van der Waals surface area contributed by atoms with Crippen molar-refractivity contribution >= 4 is 40.5 Å². The molecular weight excluding hydrogens is 881 g/mol. The van der Waals surface area contributed by atoms with E-state index < -0.39 is 53.3 Å². The lowest BCUT2D eigenvalue weighted by molar-refractivity contribution is -0.155. The first-order valence-electron chi connectivity index (χ1n) is 23.9. The van der Waals surface area contributed by atoms with E-state index in [2.05, 4.69) is 66.2 Å². The highest BCUT2D eigenvalue weighted by atomic mass is 16.5. The number of carbonyl (C=O) groups is 5. The first kappa shape index (κ1) is 49.3. The van der Waals surface area contributed by atoms with Crippen molar-refractivity contribution in [1.29, 1.82) is 0 Å². The lowest BCUT2D eigenvalue weighted by Crippen LogP contribution is -2.62. The van der Waals surface area contributed by atoms with Gasteiger partial charge in [0.2, 0.25) is 17.7 Å². The third kappa shape index (κ3) is 10.3. The second kappa shape index (κ2) is 20.1. The number of amides is 4. The van der Waals surface area contributed by atoms with Gasteiger partial charge in [0.15, 0.2) is 0 Å². The van der Waals surface area contributed by atoms with Crippen molar-refractivity contribution in [3.63, 3.8) is 0 Å². The van der Waals surface area contributed by atoms with Gasteiger partial charge in [0.1, 0.15) is 29.9 Å². The van der Waals surface area contributed by atoms with Crippen LogP contribution in [0, 0.1) is 11.3 Å². The van der Waals surface area contributed by atoms with E-state index in [9.17, 15) is 29.1 Å². The second-order valence-corrected chi connectivity index (χ2v) is 19.9. The Labute approximate surface area is 403 Å². The van der Waals surface area contributed by atoms with Crippen LogP contribution in [0.2, 0.25) is 0 Å². The summed E-state index contributed by atoms with van der Waals surface area (Å²) in [6.45, 7) is 15.8. The molecule has 3 saturated heterocycles. The Morgan fingerprint density at radius 1 is 1.10 bits per heavy atom. The van der Waals surface area contributed by atoms with Crippen LogP contribution in [0.25, 0.3) is 33.3 Å². The van der Waals surface area contributed by atoms with E-state index in [-0.39, 0.29) is 55.8 Å². The predicted molar refractivity (Wildman–Crippen MR) is 259 cm³/mol. The quantitative estimate of drug-likeness (QED) is 0.0892. The molecule has 3 fully saturated rings. The van der Waals surface area contributed by atoms with Gasteiger partial charge in [-0.25, -0.2) is 5.43 Å². The highest BCUT2D eigenvalue weighted by Crippen LogP contribution is 2.42. The number of cyclic esters (lactones) is 1. The number of phenolic OH excluding ortho intramolecular Hbond substituents is 1. The average molecular weight is 947 g/mol. The van der Waals surface area contributed by atoms with Crippen molar-refractivity contribution in [2.24, 2.45) is 11.3 Å². The van der Waals surface area contributed by atoms with E-state index in [1.807, 2.05) is 25.1 Å². The van der Waals surface area contributed by atoms with Crippen molar-refractivity contribution in [3.05, 3.63) is 83.7 Å². The van der Waals surface area contributed by atoms with Crippen molar-refractivity contribution in [1.82, 2.24) is 40.4 Å². The van der Waals surface area contributed by atoms with Crippen molar-refractivity contribution < 1.29 is 43.3 Å². The molecule has 6 atom stereocenters. The Hall–Kier alpha value is -6.14.